The topological polar surface area (TPSA) is 50.2 Å². The number of pyridine rings is 1. The van der Waals surface area contributed by atoms with Crippen LogP contribution in [0.25, 0.3) is 32.8 Å². The van der Waals surface area contributed by atoms with Crippen LogP contribution in [-0.2, 0) is 30.3 Å². The van der Waals surface area contributed by atoms with Gasteiger partial charge in [0.25, 0.3) is 0 Å². The molecule has 1 N–H and O–H groups in total. The van der Waals surface area contributed by atoms with E-state index in [0.29, 0.717) is 0 Å². The van der Waals surface area contributed by atoms with Crippen molar-refractivity contribution in [2.24, 2.45) is 0 Å². The number of nitrogens with zero attached hydrogens (tertiary/aromatic N) is 1. The van der Waals surface area contributed by atoms with Gasteiger partial charge in [-0.1, -0.05) is 66.8 Å². The molecule has 3 nitrogen and oxygen atoms in total. The van der Waals surface area contributed by atoms with E-state index >= 15 is 0 Å². The van der Waals surface area contributed by atoms with Crippen molar-refractivity contribution >= 4 is 27.3 Å². The second-order valence-electron chi connectivity index (χ2n) is 8.59. The molecule has 4 heteroatoms. The van der Waals surface area contributed by atoms with E-state index in [0.717, 1.165) is 11.3 Å². The summed E-state index contributed by atoms with van der Waals surface area (Å²) in [5.41, 5.74) is 6.12. The fourth-order valence-corrected chi connectivity index (χ4v) is 4.52. The van der Waals surface area contributed by atoms with Gasteiger partial charge in [0.15, 0.2) is 5.78 Å². The summed E-state index contributed by atoms with van der Waals surface area (Å²) in [5, 5.41) is 13.6. The van der Waals surface area contributed by atoms with Crippen molar-refractivity contribution in [2.75, 3.05) is 0 Å². The van der Waals surface area contributed by atoms with Crippen molar-refractivity contribution < 1.29 is 31.4 Å². The van der Waals surface area contributed by atoms with Crippen molar-refractivity contribution in [3.05, 3.63) is 89.3 Å². The van der Waals surface area contributed by atoms with E-state index in [-0.39, 0.29) is 37.3 Å². The summed E-state index contributed by atoms with van der Waals surface area (Å²) in [4.78, 5) is 15.0. The standard InChI is InChI=1S/C23H18N.C5H8O2.Ir/c1-14-10-11-16-13-24-22-17-8-4-6-15-7-5-9-19(20(15)17)23(2,3)21(22)18(16)12-14;1-4(6)3-5(2)7;/h4-7,9-13H,1-3H3;3,6H,1-2H3;/q-1;;/b;4-3-;/i;3D;. The summed E-state index contributed by atoms with van der Waals surface area (Å²) in [7, 11) is 0. The van der Waals surface area contributed by atoms with E-state index in [1.807, 2.05) is 12.3 Å². The Morgan fingerprint density at radius 3 is 2.56 bits per heavy atom. The van der Waals surface area contributed by atoms with Crippen LogP contribution in [0, 0.1) is 13.0 Å². The Labute approximate surface area is 204 Å². The van der Waals surface area contributed by atoms with Crippen LogP contribution in [0.5, 0.6) is 0 Å². The van der Waals surface area contributed by atoms with Gasteiger partial charge in [-0.25, -0.2) is 0 Å². The minimum atomic E-state index is -0.412. The van der Waals surface area contributed by atoms with Gasteiger partial charge in [-0.15, -0.1) is 29.1 Å². The summed E-state index contributed by atoms with van der Waals surface area (Å²) in [6.07, 6.45) is 2.00. The van der Waals surface area contributed by atoms with E-state index in [2.05, 4.69) is 69.3 Å². The summed E-state index contributed by atoms with van der Waals surface area (Å²) < 4.78 is 6.76. The van der Waals surface area contributed by atoms with Gasteiger partial charge < -0.3 is 10.1 Å². The van der Waals surface area contributed by atoms with Gasteiger partial charge >= 0.3 is 0 Å². The third-order valence-electron chi connectivity index (χ3n) is 5.78. The number of aliphatic hydroxyl groups is 1. The van der Waals surface area contributed by atoms with Gasteiger partial charge in [-0.3, -0.25) is 4.79 Å². The van der Waals surface area contributed by atoms with Crippen molar-refractivity contribution in [3.8, 4) is 11.3 Å². The van der Waals surface area contributed by atoms with Crippen LogP contribution >= 0.6 is 0 Å². The number of fused-ring (bicyclic) bond motifs is 4. The maximum Gasteiger partial charge on any atom is 0.155 e. The molecule has 5 rings (SSSR count). The minimum absolute atomic E-state index is 0. The van der Waals surface area contributed by atoms with Crippen LogP contribution in [0.1, 0.15) is 45.8 Å². The van der Waals surface area contributed by atoms with Crippen LogP contribution in [-0.4, -0.2) is 15.9 Å². The van der Waals surface area contributed by atoms with Gasteiger partial charge in [-0.2, -0.15) is 0 Å². The zero-order valence-corrected chi connectivity index (χ0v) is 21.2. The van der Waals surface area contributed by atoms with E-state index in [1.54, 1.807) is 0 Å². The Bertz CT molecular complexity index is 1410. The second-order valence-corrected chi connectivity index (χ2v) is 8.59. The van der Waals surface area contributed by atoms with E-state index in [4.69, 9.17) is 11.5 Å². The number of allylic oxidation sites excluding steroid dienone is 2. The first kappa shape index (κ1) is 22.4. The molecule has 0 amide bonds. The average Bonchev–Trinajstić information content (AvgIpc) is 2.76. The molecule has 1 aliphatic rings. The number of carbonyl (C=O) groups is 1. The Hall–Kier alpha value is -2.81. The minimum Gasteiger partial charge on any atom is -0.512 e. The third kappa shape index (κ3) is 4.13. The van der Waals surface area contributed by atoms with E-state index in [9.17, 15) is 4.79 Å². The van der Waals surface area contributed by atoms with Crippen LogP contribution in [0.4, 0.5) is 0 Å². The number of benzene rings is 3. The van der Waals surface area contributed by atoms with Gasteiger partial charge in [0.1, 0.15) is 0 Å². The predicted molar refractivity (Wildman–Crippen MR) is 127 cm³/mol. The summed E-state index contributed by atoms with van der Waals surface area (Å²) in [5.74, 6) is -0.637. The average molecular weight is 602 g/mol. The van der Waals surface area contributed by atoms with Crippen molar-refractivity contribution in [3.63, 3.8) is 0 Å². The molecule has 0 spiro atoms. The number of hydrogen-bond donors (Lipinski definition) is 1. The summed E-state index contributed by atoms with van der Waals surface area (Å²) in [6, 6.07) is 20.6. The fraction of sp³-hybridized carbons (Fsp3) is 0.214. The van der Waals surface area contributed by atoms with Crippen LogP contribution in [0.2, 0.25) is 0 Å². The molecule has 0 atom stereocenters. The Balaban J connectivity index is 0.000000297. The molecule has 0 unspecified atom stereocenters. The SMILES string of the molecule is Cc1ccc2cnc3c(c2c1)C(C)(C)c1cccc2cc[c-]c-3c12.[2H]/C(C(C)=O)=C(\C)O.[Ir]. The quantitative estimate of drug-likeness (QED) is 0.148. The Morgan fingerprint density at radius 2 is 1.91 bits per heavy atom. The van der Waals surface area contributed by atoms with Gasteiger partial charge in [0.2, 0.25) is 0 Å². The maximum absolute atomic E-state index is 10.2. The monoisotopic (exact) mass is 602 g/mol. The molecule has 1 aromatic heterocycles. The van der Waals surface area contributed by atoms with Crippen LogP contribution < -0.4 is 0 Å². The number of aliphatic hydroxyl groups excluding tert-OH is 1. The van der Waals surface area contributed by atoms with Gasteiger partial charge in [0.05, 0.1) is 7.13 Å². The van der Waals surface area contributed by atoms with Crippen LogP contribution in [0.3, 0.4) is 0 Å². The molecule has 0 bridgehead atoms. The van der Waals surface area contributed by atoms with E-state index < -0.39 is 5.78 Å². The summed E-state index contributed by atoms with van der Waals surface area (Å²) in [6.45, 7) is 9.34. The first-order valence-electron chi connectivity index (χ1n) is 10.8. The molecule has 1 radical (unpaired) electrons. The number of aromatic nitrogens is 1. The summed E-state index contributed by atoms with van der Waals surface area (Å²) >= 11 is 0. The number of rotatable bonds is 1. The largest absolute Gasteiger partial charge is 0.512 e. The number of aryl methyl sites for hydroxylation is 1. The first-order valence-corrected chi connectivity index (χ1v) is 10.3. The zero-order chi connectivity index (χ0) is 23.2. The van der Waals surface area contributed by atoms with Crippen molar-refractivity contribution in [1.82, 2.24) is 4.98 Å². The number of carbonyl (C=O) groups excluding carboxylic acids is 1. The molecule has 1 heterocycles. The molecular weight excluding hydrogens is 575 g/mol. The smallest absolute Gasteiger partial charge is 0.155 e. The first-order chi connectivity index (χ1) is 15.1. The molecular formula is C28H26IrNO2-. The molecule has 1 aliphatic carbocycles. The van der Waals surface area contributed by atoms with Gasteiger partial charge in [-0.05, 0) is 42.8 Å². The molecule has 0 fully saturated rings. The second kappa shape index (κ2) is 8.97. The molecule has 0 saturated carbocycles. The third-order valence-corrected chi connectivity index (χ3v) is 5.78. The van der Waals surface area contributed by atoms with Gasteiger partial charge in [0, 0.05) is 37.8 Å². The normalized spacial score (nSPS) is 14.3. The molecule has 165 valence electrons. The van der Waals surface area contributed by atoms with Crippen molar-refractivity contribution in [2.45, 2.75) is 40.0 Å². The molecule has 0 aliphatic heterocycles. The Kier molecular flexibility index (Phi) is 6.28. The zero-order valence-electron chi connectivity index (χ0n) is 19.8. The van der Waals surface area contributed by atoms with Crippen LogP contribution in [0.15, 0.2) is 66.5 Å². The fourth-order valence-electron chi connectivity index (χ4n) is 4.52. The molecule has 0 saturated heterocycles. The molecule has 3 aromatic carbocycles. The number of hydrogen-bond acceptors (Lipinski definition) is 3. The van der Waals surface area contributed by atoms with E-state index in [1.165, 1.54) is 52.1 Å². The van der Waals surface area contributed by atoms with Crippen molar-refractivity contribution in [1.29, 1.82) is 0 Å². The number of ketones is 1. The maximum atomic E-state index is 10.2. The predicted octanol–water partition coefficient (Wildman–Crippen LogP) is 6.84. The molecule has 4 aromatic rings. The molecule has 32 heavy (non-hydrogen) atoms. The Morgan fingerprint density at radius 1 is 1.16 bits per heavy atom.